The van der Waals surface area contributed by atoms with Crippen molar-refractivity contribution in [1.82, 2.24) is 0 Å². The van der Waals surface area contributed by atoms with Crippen LogP contribution in [0.5, 0.6) is 0 Å². The monoisotopic (exact) mass is 160 g/mol. The smallest absolute Gasteiger partial charge is 0.00235 e. The third kappa shape index (κ3) is 5.56. The minimum atomic E-state index is 1.08. The van der Waals surface area contributed by atoms with Gasteiger partial charge in [-0.25, -0.2) is 0 Å². The topological polar surface area (TPSA) is 0 Å². The molecule has 12 heavy (non-hydrogen) atoms. The largest absolute Gasteiger partial charge is 0.102 e. The Labute approximate surface area is 75.7 Å². The zero-order chi connectivity index (χ0) is 9.23. The second-order valence-corrected chi connectivity index (χ2v) is 2.33. The molecule has 0 atom stereocenters. The van der Waals surface area contributed by atoms with E-state index in [2.05, 4.69) is 37.8 Å². The van der Waals surface area contributed by atoms with Crippen LogP contribution in [0.15, 0.2) is 36.0 Å². The van der Waals surface area contributed by atoms with Crippen LogP contribution in [0, 0.1) is 11.8 Å². The molecule has 0 saturated carbocycles. The molecule has 0 aliphatic carbocycles. The Morgan fingerprint density at radius 2 is 2.08 bits per heavy atom. The maximum absolute atomic E-state index is 2.86. The molecular weight excluding hydrogens is 144 g/mol. The Morgan fingerprint density at radius 3 is 2.58 bits per heavy atom. The van der Waals surface area contributed by atoms with Crippen molar-refractivity contribution in [2.75, 3.05) is 0 Å². The summed E-state index contributed by atoms with van der Waals surface area (Å²) in [7, 11) is 0. The fourth-order valence-corrected chi connectivity index (χ4v) is 0.784. The molecule has 0 aromatic heterocycles. The molecular formula is C12H16. The molecule has 0 aliphatic rings. The Hall–Kier alpha value is -1.22. The molecule has 0 aromatic carbocycles. The zero-order valence-electron chi connectivity index (χ0n) is 8.09. The summed E-state index contributed by atoms with van der Waals surface area (Å²) in [6.45, 7) is 6.03. The van der Waals surface area contributed by atoms with Gasteiger partial charge in [0.2, 0.25) is 0 Å². The minimum absolute atomic E-state index is 1.08. The molecule has 0 radical (unpaired) electrons. The number of allylic oxidation sites excluding steroid dienone is 6. The van der Waals surface area contributed by atoms with Crippen molar-refractivity contribution < 1.29 is 0 Å². The number of hydrogen-bond donors (Lipinski definition) is 0. The molecule has 0 heterocycles. The molecule has 0 rings (SSSR count). The van der Waals surface area contributed by atoms with E-state index in [9.17, 15) is 0 Å². The summed E-state index contributed by atoms with van der Waals surface area (Å²) in [5.74, 6) is 5.66. The second kappa shape index (κ2) is 7.88. The minimum Gasteiger partial charge on any atom is -0.102 e. The molecule has 0 aliphatic heterocycles. The van der Waals surface area contributed by atoms with Crippen LogP contribution in [0.3, 0.4) is 0 Å². The van der Waals surface area contributed by atoms with E-state index in [1.54, 1.807) is 0 Å². The summed E-state index contributed by atoms with van der Waals surface area (Å²) in [4.78, 5) is 0. The van der Waals surface area contributed by atoms with Gasteiger partial charge in [-0.1, -0.05) is 42.7 Å². The van der Waals surface area contributed by atoms with Gasteiger partial charge >= 0.3 is 0 Å². The molecule has 0 spiro atoms. The van der Waals surface area contributed by atoms with Gasteiger partial charge < -0.3 is 0 Å². The maximum atomic E-state index is 2.86. The van der Waals surface area contributed by atoms with Crippen LogP contribution in [0.1, 0.15) is 27.2 Å². The summed E-state index contributed by atoms with van der Waals surface area (Å²) < 4.78 is 0. The summed E-state index contributed by atoms with van der Waals surface area (Å²) >= 11 is 0. The van der Waals surface area contributed by atoms with Gasteiger partial charge in [0, 0.05) is 0 Å². The average Bonchev–Trinajstić information content (AvgIpc) is 2.11. The van der Waals surface area contributed by atoms with Gasteiger partial charge in [-0.15, -0.1) is 5.92 Å². The van der Waals surface area contributed by atoms with Crippen LogP contribution in [-0.4, -0.2) is 0 Å². The van der Waals surface area contributed by atoms with Gasteiger partial charge in [0.25, 0.3) is 0 Å². The Kier molecular flexibility index (Phi) is 7.08. The summed E-state index contributed by atoms with van der Waals surface area (Å²) in [6, 6.07) is 0. The van der Waals surface area contributed by atoms with Crippen molar-refractivity contribution in [2.45, 2.75) is 27.2 Å². The van der Waals surface area contributed by atoms with Gasteiger partial charge in [0.05, 0.1) is 0 Å². The molecule has 0 amide bonds. The predicted octanol–water partition coefficient (Wildman–Crippen LogP) is 3.48. The lowest BCUT2D eigenvalue weighted by Gasteiger charge is -1.90. The van der Waals surface area contributed by atoms with Gasteiger partial charge in [-0.3, -0.25) is 0 Å². The molecule has 0 aromatic rings. The van der Waals surface area contributed by atoms with Crippen molar-refractivity contribution in [3.05, 3.63) is 36.0 Å². The Balaban J connectivity index is 3.96. The second-order valence-electron chi connectivity index (χ2n) is 2.33. The van der Waals surface area contributed by atoms with E-state index in [0.717, 1.165) is 6.42 Å². The highest BCUT2D eigenvalue weighted by atomic mass is 13.9. The number of rotatable bonds is 3. The molecule has 0 unspecified atom stereocenters. The van der Waals surface area contributed by atoms with Crippen LogP contribution in [0.4, 0.5) is 0 Å². The van der Waals surface area contributed by atoms with Crippen molar-refractivity contribution in [3.8, 4) is 11.8 Å². The normalized spacial score (nSPS) is 12.1. The quantitative estimate of drug-likeness (QED) is 0.438. The van der Waals surface area contributed by atoms with E-state index in [-0.39, 0.29) is 0 Å². The average molecular weight is 160 g/mol. The van der Waals surface area contributed by atoms with Crippen LogP contribution in [0.25, 0.3) is 0 Å². The van der Waals surface area contributed by atoms with Gasteiger partial charge in [-0.2, -0.15) is 0 Å². The van der Waals surface area contributed by atoms with Gasteiger partial charge in [-0.05, 0) is 26.3 Å². The molecule has 0 N–H and O–H groups in total. The third-order valence-electron chi connectivity index (χ3n) is 1.52. The molecule has 64 valence electrons. The fourth-order valence-electron chi connectivity index (χ4n) is 0.784. The summed E-state index contributed by atoms with van der Waals surface area (Å²) in [5.41, 5.74) is 1.35. The van der Waals surface area contributed by atoms with Crippen molar-refractivity contribution in [2.24, 2.45) is 0 Å². The van der Waals surface area contributed by atoms with Gasteiger partial charge in [0.1, 0.15) is 0 Å². The van der Waals surface area contributed by atoms with Crippen LogP contribution in [0.2, 0.25) is 0 Å². The first-order valence-corrected chi connectivity index (χ1v) is 4.25. The van der Waals surface area contributed by atoms with Crippen molar-refractivity contribution in [3.63, 3.8) is 0 Å². The van der Waals surface area contributed by atoms with Crippen LogP contribution < -0.4 is 0 Å². The van der Waals surface area contributed by atoms with E-state index in [0.29, 0.717) is 0 Å². The highest BCUT2D eigenvalue weighted by Crippen LogP contribution is 2.01. The van der Waals surface area contributed by atoms with E-state index >= 15 is 0 Å². The maximum Gasteiger partial charge on any atom is -0.00235 e. The van der Waals surface area contributed by atoms with E-state index in [1.807, 2.05) is 25.2 Å². The highest BCUT2D eigenvalue weighted by Gasteiger charge is 1.80. The van der Waals surface area contributed by atoms with Crippen molar-refractivity contribution in [1.29, 1.82) is 0 Å². The van der Waals surface area contributed by atoms with E-state index in [1.165, 1.54) is 5.57 Å². The molecule has 0 heteroatoms. The molecule has 0 saturated heterocycles. The lowest BCUT2D eigenvalue weighted by atomic mass is 10.2. The first-order chi connectivity index (χ1) is 5.85. The molecule has 0 fully saturated rings. The summed E-state index contributed by atoms with van der Waals surface area (Å²) in [5, 5.41) is 0. The van der Waals surface area contributed by atoms with E-state index in [4.69, 9.17) is 0 Å². The molecule has 0 nitrogen and oxygen atoms in total. The predicted molar refractivity (Wildman–Crippen MR) is 55.8 cm³/mol. The summed E-state index contributed by atoms with van der Waals surface area (Å²) in [6.07, 6.45) is 11.1. The lowest BCUT2D eigenvalue weighted by Crippen LogP contribution is -1.70. The Bertz CT molecular complexity index is 241. The van der Waals surface area contributed by atoms with Gasteiger partial charge in [0.15, 0.2) is 0 Å². The standard InChI is InChI=1S/C12H16/c1-4-7-8-9-10-11-12(5-2)6-3/h5,8-11H,6H2,1-3H3/b9-8+,11-10-,12-5-. The first-order valence-electron chi connectivity index (χ1n) is 4.25. The van der Waals surface area contributed by atoms with E-state index < -0.39 is 0 Å². The SMILES string of the molecule is CC#C/C=C/C=C\C(=C/C)CC. The zero-order valence-corrected chi connectivity index (χ0v) is 8.09. The van der Waals surface area contributed by atoms with Crippen LogP contribution in [-0.2, 0) is 0 Å². The first kappa shape index (κ1) is 10.8. The molecule has 0 bridgehead atoms. The van der Waals surface area contributed by atoms with Crippen LogP contribution >= 0.6 is 0 Å². The fraction of sp³-hybridized carbons (Fsp3) is 0.333. The third-order valence-corrected chi connectivity index (χ3v) is 1.52. The number of hydrogen-bond acceptors (Lipinski definition) is 0. The van der Waals surface area contributed by atoms with Crippen molar-refractivity contribution >= 4 is 0 Å². The highest BCUT2D eigenvalue weighted by molar-refractivity contribution is 5.24. The lowest BCUT2D eigenvalue weighted by molar-refractivity contribution is 1.14. The Morgan fingerprint density at radius 1 is 1.33 bits per heavy atom.